The smallest absolute Gasteiger partial charge is 0.407 e. The average molecular weight is 447 g/mol. The van der Waals surface area contributed by atoms with Gasteiger partial charge in [0.05, 0.1) is 44.6 Å². The zero-order valence-corrected chi connectivity index (χ0v) is 17.0. The summed E-state index contributed by atoms with van der Waals surface area (Å²) >= 11 is 4.74. The number of hydrogen-bond donors (Lipinski definition) is 2. The van der Waals surface area contributed by atoms with Crippen molar-refractivity contribution in [2.75, 3.05) is 33.0 Å². The van der Waals surface area contributed by atoms with E-state index in [1.54, 1.807) is 0 Å². The number of aliphatic hydroxyl groups excluding tert-OH is 1. The minimum Gasteiger partial charge on any atom is -0.450 e. The summed E-state index contributed by atoms with van der Waals surface area (Å²) in [4.78, 5) is 18.4. The number of carbonyl (C=O) groups excluding carboxylic acids is 1. The number of ether oxygens (including phenoxy) is 2. The van der Waals surface area contributed by atoms with Gasteiger partial charge in [0.1, 0.15) is 15.7 Å². The molecule has 0 spiro atoms. The molecule has 2 rings (SSSR count). The van der Waals surface area contributed by atoms with Crippen molar-refractivity contribution in [2.45, 2.75) is 37.9 Å². The topological polar surface area (TPSA) is 108 Å². The summed E-state index contributed by atoms with van der Waals surface area (Å²) in [6.07, 6.45) is 1.12. The van der Waals surface area contributed by atoms with Crippen LogP contribution in [0.3, 0.4) is 0 Å². The van der Waals surface area contributed by atoms with Crippen LogP contribution in [0.5, 0.6) is 0 Å². The molecule has 0 saturated carbocycles. The van der Waals surface area contributed by atoms with E-state index < -0.39 is 24.2 Å². The van der Waals surface area contributed by atoms with Crippen LogP contribution in [0.25, 0.3) is 0 Å². The molecule has 26 heavy (non-hydrogen) atoms. The Kier molecular flexibility index (Phi) is 8.74. The maximum atomic E-state index is 12.1. The highest BCUT2D eigenvalue weighted by Gasteiger charge is 2.38. The number of amides is 1. The van der Waals surface area contributed by atoms with E-state index in [-0.39, 0.29) is 13.2 Å². The molecule has 8 nitrogen and oxygen atoms in total. The zero-order chi connectivity index (χ0) is 18.9. The molecule has 1 fully saturated rings. The Bertz CT molecular complexity index is 624. The fourth-order valence-corrected chi connectivity index (χ4v) is 4.19. The number of halogens is 1. The lowest BCUT2D eigenvalue weighted by Crippen LogP contribution is -2.54. The number of rotatable bonds is 8. The van der Waals surface area contributed by atoms with Crippen LogP contribution in [0.15, 0.2) is 9.98 Å². The lowest BCUT2D eigenvalue weighted by molar-refractivity contribution is -0.0227. The van der Waals surface area contributed by atoms with Crippen LogP contribution in [0, 0.1) is 11.3 Å². The molecule has 10 heteroatoms. The number of unbranched alkanes of at least 4 members (excludes halogenated alkanes) is 1. The number of alkyl carbamates (subject to hydrolysis) is 1. The van der Waals surface area contributed by atoms with Gasteiger partial charge in [0, 0.05) is 11.9 Å². The Morgan fingerprint density at radius 1 is 1.73 bits per heavy atom. The minimum atomic E-state index is -0.656. The van der Waals surface area contributed by atoms with Gasteiger partial charge in [-0.3, -0.25) is 4.90 Å². The molecule has 0 bridgehead atoms. The van der Waals surface area contributed by atoms with Gasteiger partial charge in [-0.15, -0.1) is 11.3 Å². The number of carbonyl (C=O) groups is 1. The van der Waals surface area contributed by atoms with Crippen molar-refractivity contribution in [1.29, 1.82) is 5.26 Å². The average Bonchev–Trinajstić information content (AvgIpc) is 3.07. The van der Waals surface area contributed by atoms with Crippen LogP contribution in [0.2, 0.25) is 0 Å². The first-order valence-corrected chi connectivity index (χ1v) is 10.2. The number of aliphatic hydroxyl groups is 1. The Morgan fingerprint density at radius 2 is 2.54 bits per heavy atom. The van der Waals surface area contributed by atoms with Gasteiger partial charge in [-0.1, -0.05) is 13.3 Å². The zero-order valence-electron chi connectivity index (χ0n) is 14.6. The lowest BCUT2D eigenvalue weighted by Gasteiger charge is -2.40. The van der Waals surface area contributed by atoms with Crippen molar-refractivity contribution < 1.29 is 19.4 Å². The van der Waals surface area contributed by atoms with Crippen LogP contribution >= 0.6 is 27.3 Å². The highest BCUT2D eigenvalue weighted by molar-refractivity contribution is 9.10. The lowest BCUT2D eigenvalue weighted by atomic mass is 10.0. The maximum absolute atomic E-state index is 12.1. The van der Waals surface area contributed by atoms with Gasteiger partial charge in [-0.05, 0) is 22.4 Å². The van der Waals surface area contributed by atoms with Crippen molar-refractivity contribution in [3.8, 4) is 6.07 Å². The second-order valence-electron chi connectivity index (χ2n) is 5.83. The Morgan fingerprint density at radius 3 is 3.15 bits per heavy atom. The molecule has 1 aliphatic heterocycles. The van der Waals surface area contributed by atoms with E-state index >= 15 is 0 Å². The minimum absolute atomic E-state index is 0.276. The van der Waals surface area contributed by atoms with Gasteiger partial charge in [-0.25, -0.2) is 9.78 Å². The highest BCUT2D eigenvalue weighted by Crippen LogP contribution is 2.31. The van der Waals surface area contributed by atoms with E-state index in [2.05, 4.69) is 32.3 Å². The molecule has 0 radical (unpaired) electrons. The van der Waals surface area contributed by atoms with Gasteiger partial charge in [0.2, 0.25) is 0 Å². The Hall–Kier alpha value is -1.25. The molecule has 1 aromatic rings. The highest BCUT2D eigenvalue weighted by atomic mass is 79.9. The predicted octanol–water partition coefficient (Wildman–Crippen LogP) is 2.06. The molecular weight excluding hydrogens is 424 g/mol. The molecule has 2 N–H and O–H groups in total. The first-order valence-electron chi connectivity index (χ1n) is 8.48. The van der Waals surface area contributed by atoms with E-state index in [4.69, 9.17) is 9.47 Å². The standard InChI is InChI=1S/C16H23BrN4O4S/c1-2-3-5-25-16(23)19-12(8-22)14(15-20-13(17)10-26-15)21-4-6-24-9-11(21)7-18/h10-12,14,22H,2-6,8-9H2,1H3,(H,19,23)/t11-,12+,14-/m0/s1. The van der Waals surface area contributed by atoms with Crippen LogP contribution in [-0.2, 0) is 9.47 Å². The van der Waals surface area contributed by atoms with Crippen molar-refractivity contribution in [2.24, 2.45) is 0 Å². The molecule has 0 aromatic carbocycles. The van der Waals surface area contributed by atoms with Gasteiger partial charge < -0.3 is 19.9 Å². The SMILES string of the molecule is CCCCOC(=O)N[C@H](CO)[C@@H](c1nc(Br)cs1)N1CCOC[C@@H]1C#N. The van der Waals surface area contributed by atoms with Gasteiger partial charge in [0.15, 0.2) is 0 Å². The molecule has 1 saturated heterocycles. The summed E-state index contributed by atoms with van der Waals surface area (Å²) < 4.78 is 11.2. The van der Waals surface area contributed by atoms with Crippen LogP contribution < -0.4 is 5.32 Å². The summed E-state index contributed by atoms with van der Waals surface area (Å²) in [5.41, 5.74) is 0. The van der Waals surface area contributed by atoms with E-state index in [1.807, 2.05) is 17.2 Å². The molecule has 1 aliphatic rings. The summed E-state index contributed by atoms with van der Waals surface area (Å²) in [7, 11) is 0. The number of nitriles is 1. The van der Waals surface area contributed by atoms with Gasteiger partial charge >= 0.3 is 6.09 Å². The third kappa shape index (κ3) is 5.62. The van der Waals surface area contributed by atoms with E-state index in [0.29, 0.717) is 29.4 Å². The second kappa shape index (κ2) is 10.8. The maximum Gasteiger partial charge on any atom is 0.407 e. The van der Waals surface area contributed by atoms with Crippen molar-refractivity contribution in [3.63, 3.8) is 0 Å². The molecule has 0 unspecified atom stereocenters. The number of nitrogens with one attached hydrogen (secondary N) is 1. The normalized spacial score (nSPS) is 20.2. The van der Waals surface area contributed by atoms with Crippen LogP contribution in [0.4, 0.5) is 4.79 Å². The molecule has 0 aliphatic carbocycles. The molecule has 3 atom stereocenters. The van der Waals surface area contributed by atoms with Crippen LogP contribution in [0.1, 0.15) is 30.8 Å². The third-order valence-corrected chi connectivity index (χ3v) is 5.66. The largest absolute Gasteiger partial charge is 0.450 e. The van der Waals surface area contributed by atoms with Crippen molar-refractivity contribution in [1.82, 2.24) is 15.2 Å². The van der Waals surface area contributed by atoms with Crippen LogP contribution in [-0.4, -0.2) is 66.1 Å². The fraction of sp³-hybridized carbons (Fsp3) is 0.688. The quantitative estimate of drug-likeness (QED) is 0.588. The number of thiazole rings is 1. The molecule has 1 aromatic heterocycles. The molecule has 1 amide bonds. The number of morpholine rings is 1. The second-order valence-corrected chi connectivity index (χ2v) is 7.54. The Labute approximate surface area is 165 Å². The van der Waals surface area contributed by atoms with Crippen molar-refractivity contribution >= 4 is 33.4 Å². The fourth-order valence-electron chi connectivity index (χ4n) is 2.74. The predicted molar refractivity (Wildman–Crippen MR) is 99.7 cm³/mol. The molecule has 2 heterocycles. The van der Waals surface area contributed by atoms with Gasteiger partial charge in [-0.2, -0.15) is 5.26 Å². The van der Waals surface area contributed by atoms with E-state index in [1.165, 1.54) is 11.3 Å². The first kappa shape index (κ1) is 21.1. The monoisotopic (exact) mass is 446 g/mol. The van der Waals surface area contributed by atoms with Gasteiger partial charge in [0.25, 0.3) is 0 Å². The Balaban J connectivity index is 2.20. The number of nitrogens with zero attached hydrogens (tertiary/aromatic N) is 3. The third-order valence-electron chi connectivity index (χ3n) is 4.04. The summed E-state index contributed by atoms with van der Waals surface area (Å²) in [5, 5.41) is 24.7. The summed E-state index contributed by atoms with van der Waals surface area (Å²) in [6, 6.07) is 0.631. The summed E-state index contributed by atoms with van der Waals surface area (Å²) in [6.45, 7) is 3.28. The first-order chi connectivity index (χ1) is 12.6. The van der Waals surface area contributed by atoms with Crippen molar-refractivity contribution in [3.05, 3.63) is 15.0 Å². The molecule has 144 valence electrons. The van der Waals surface area contributed by atoms with E-state index in [0.717, 1.165) is 12.8 Å². The molecular formula is C16H23BrN4O4S. The summed E-state index contributed by atoms with van der Waals surface area (Å²) in [5.74, 6) is 0. The number of aromatic nitrogens is 1. The van der Waals surface area contributed by atoms with E-state index in [9.17, 15) is 15.2 Å². The number of hydrogen-bond acceptors (Lipinski definition) is 8.